The first-order valence-corrected chi connectivity index (χ1v) is 8.16. The average molecular weight is 317 g/mol. The molecule has 8 heteroatoms. The van der Waals surface area contributed by atoms with Crippen LogP contribution in [0.15, 0.2) is 30.3 Å². The lowest BCUT2D eigenvalue weighted by atomic mass is 10.2. The Labute approximate surface area is 124 Å². The number of carbonyl (C=O) groups excluding carboxylic acids is 1. The molecule has 0 spiro atoms. The van der Waals surface area contributed by atoms with E-state index in [1.807, 2.05) is 30.3 Å². The normalized spacial score (nSPS) is 11.1. The Morgan fingerprint density at radius 1 is 1.14 bits per heavy atom. The zero-order valence-electron chi connectivity index (χ0n) is 11.8. The number of carbonyl (C=O) groups is 1. The molecule has 0 saturated heterocycles. The summed E-state index contributed by atoms with van der Waals surface area (Å²) < 4.78 is 35.8. The van der Waals surface area contributed by atoms with E-state index >= 15 is 0 Å². The van der Waals surface area contributed by atoms with Crippen molar-refractivity contribution in [2.45, 2.75) is 6.61 Å². The average Bonchev–Trinajstić information content (AvgIpc) is 2.44. The van der Waals surface area contributed by atoms with Crippen molar-refractivity contribution >= 4 is 16.2 Å². The predicted molar refractivity (Wildman–Crippen MR) is 76.2 cm³/mol. The lowest BCUT2D eigenvalue weighted by molar-refractivity contribution is 0.0986. The Morgan fingerprint density at radius 2 is 1.86 bits per heavy atom. The van der Waals surface area contributed by atoms with Crippen LogP contribution in [0.25, 0.3) is 0 Å². The number of nitrogens with one attached hydrogen (secondary N) is 1. The molecule has 1 rings (SSSR count). The van der Waals surface area contributed by atoms with Crippen LogP contribution >= 0.6 is 0 Å². The molecule has 0 bridgehead atoms. The van der Waals surface area contributed by atoms with E-state index < -0.39 is 16.2 Å². The summed E-state index contributed by atoms with van der Waals surface area (Å²) in [7, 11) is -3.43. The van der Waals surface area contributed by atoms with E-state index in [1.165, 1.54) is 0 Å². The minimum atomic E-state index is -3.43. The molecular weight excluding hydrogens is 298 g/mol. The first-order chi connectivity index (χ1) is 9.97. The molecular formula is C13H19NO6S. The van der Waals surface area contributed by atoms with Crippen LogP contribution in [0.5, 0.6) is 0 Å². The molecule has 0 aliphatic heterocycles. The fourth-order valence-electron chi connectivity index (χ4n) is 1.35. The monoisotopic (exact) mass is 317 g/mol. The van der Waals surface area contributed by atoms with E-state index in [4.69, 9.17) is 9.47 Å². The Bertz CT molecular complexity index is 517. The first kappa shape index (κ1) is 17.4. The number of rotatable bonds is 9. The molecule has 1 amide bonds. The maximum atomic E-state index is 11.3. The maximum absolute atomic E-state index is 11.3. The van der Waals surface area contributed by atoms with Gasteiger partial charge in [-0.25, -0.2) is 4.79 Å². The molecule has 0 aliphatic carbocycles. The molecule has 21 heavy (non-hydrogen) atoms. The lowest BCUT2D eigenvalue weighted by Crippen LogP contribution is -2.28. The number of hydrogen-bond donors (Lipinski definition) is 1. The zero-order chi connectivity index (χ0) is 15.6. The van der Waals surface area contributed by atoms with E-state index in [1.54, 1.807) is 0 Å². The number of amides is 1. The molecule has 1 aromatic rings. The SMILES string of the molecule is CS(=O)(=O)OCCOCCNC(=O)OCc1ccccc1. The van der Waals surface area contributed by atoms with E-state index in [0.717, 1.165) is 11.8 Å². The van der Waals surface area contributed by atoms with Crippen LogP contribution < -0.4 is 5.32 Å². The van der Waals surface area contributed by atoms with Gasteiger partial charge in [-0.15, -0.1) is 0 Å². The van der Waals surface area contributed by atoms with Gasteiger partial charge in [0.15, 0.2) is 0 Å². The highest BCUT2D eigenvalue weighted by molar-refractivity contribution is 7.85. The summed E-state index contributed by atoms with van der Waals surface area (Å²) >= 11 is 0. The van der Waals surface area contributed by atoms with Crippen molar-refractivity contribution in [1.82, 2.24) is 5.32 Å². The van der Waals surface area contributed by atoms with Gasteiger partial charge in [-0.05, 0) is 5.56 Å². The third-order valence-corrected chi connectivity index (χ3v) is 2.85. The smallest absolute Gasteiger partial charge is 0.407 e. The molecule has 7 nitrogen and oxygen atoms in total. The molecule has 0 radical (unpaired) electrons. The molecule has 0 saturated carbocycles. The summed E-state index contributed by atoms with van der Waals surface area (Å²) in [5, 5.41) is 2.51. The summed E-state index contributed by atoms with van der Waals surface area (Å²) in [6.07, 6.45) is 0.437. The van der Waals surface area contributed by atoms with Crippen molar-refractivity contribution in [3.05, 3.63) is 35.9 Å². The summed E-state index contributed by atoms with van der Waals surface area (Å²) in [5.74, 6) is 0. The highest BCUT2D eigenvalue weighted by Crippen LogP contribution is 2.00. The van der Waals surface area contributed by atoms with Crippen molar-refractivity contribution in [3.63, 3.8) is 0 Å². The molecule has 1 N–H and O–H groups in total. The Kier molecular flexibility index (Phi) is 7.73. The number of ether oxygens (including phenoxy) is 2. The fraction of sp³-hybridized carbons (Fsp3) is 0.462. The quantitative estimate of drug-likeness (QED) is 0.537. The van der Waals surface area contributed by atoms with Gasteiger partial charge in [0.1, 0.15) is 6.61 Å². The van der Waals surface area contributed by atoms with Gasteiger partial charge in [-0.3, -0.25) is 4.18 Å². The Hall–Kier alpha value is -1.64. The Morgan fingerprint density at radius 3 is 2.52 bits per heavy atom. The highest BCUT2D eigenvalue weighted by Gasteiger charge is 2.02. The molecule has 0 heterocycles. The summed E-state index contributed by atoms with van der Waals surface area (Å²) in [4.78, 5) is 11.3. The van der Waals surface area contributed by atoms with Crippen LogP contribution in [0.3, 0.4) is 0 Å². The van der Waals surface area contributed by atoms with Crippen molar-refractivity contribution in [2.24, 2.45) is 0 Å². The largest absolute Gasteiger partial charge is 0.445 e. The zero-order valence-corrected chi connectivity index (χ0v) is 12.6. The van der Waals surface area contributed by atoms with Crippen LogP contribution in [-0.4, -0.2) is 47.1 Å². The second-order valence-electron chi connectivity index (χ2n) is 4.13. The van der Waals surface area contributed by atoms with Crippen molar-refractivity contribution in [2.75, 3.05) is 32.6 Å². The van der Waals surface area contributed by atoms with Gasteiger partial charge < -0.3 is 14.8 Å². The van der Waals surface area contributed by atoms with Gasteiger partial charge in [-0.2, -0.15) is 8.42 Å². The first-order valence-electron chi connectivity index (χ1n) is 6.34. The van der Waals surface area contributed by atoms with E-state index in [0.29, 0.717) is 0 Å². The Balaban J connectivity index is 1.99. The maximum Gasteiger partial charge on any atom is 0.407 e. The van der Waals surface area contributed by atoms with Crippen LogP contribution in [0.4, 0.5) is 4.79 Å². The van der Waals surface area contributed by atoms with Gasteiger partial charge >= 0.3 is 6.09 Å². The van der Waals surface area contributed by atoms with E-state index in [2.05, 4.69) is 9.50 Å². The van der Waals surface area contributed by atoms with Crippen LogP contribution in [0.2, 0.25) is 0 Å². The van der Waals surface area contributed by atoms with Crippen LogP contribution in [0.1, 0.15) is 5.56 Å². The summed E-state index contributed by atoms with van der Waals surface area (Å²) in [5.41, 5.74) is 0.904. The molecule has 118 valence electrons. The number of alkyl carbamates (subject to hydrolysis) is 1. The minimum Gasteiger partial charge on any atom is -0.445 e. The summed E-state index contributed by atoms with van der Waals surface area (Å²) in [6, 6.07) is 9.33. The van der Waals surface area contributed by atoms with Gasteiger partial charge in [0.05, 0.1) is 26.1 Å². The molecule has 0 fully saturated rings. The van der Waals surface area contributed by atoms with Crippen molar-refractivity contribution in [1.29, 1.82) is 0 Å². The summed E-state index contributed by atoms with van der Waals surface area (Å²) in [6.45, 7) is 0.806. The third-order valence-electron chi connectivity index (χ3n) is 2.25. The highest BCUT2D eigenvalue weighted by atomic mass is 32.2. The van der Waals surface area contributed by atoms with E-state index in [-0.39, 0.29) is 33.0 Å². The van der Waals surface area contributed by atoms with E-state index in [9.17, 15) is 13.2 Å². The fourth-order valence-corrected chi connectivity index (χ4v) is 1.72. The second-order valence-corrected chi connectivity index (χ2v) is 5.77. The molecule has 0 aliphatic rings. The molecule has 0 unspecified atom stereocenters. The van der Waals surface area contributed by atoms with Gasteiger partial charge in [-0.1, -0.05) is 30.3 Å². The molecule has 0 aromatic heterocycles. The number of benzene rings is 1. The topological polar surface area (TPSA) is 90.9 Å². The molecule has 1 aromatic carbocycles. The minimum absolute atomic E-state index is 0.0444. The van der Waals surface area contributed by atoms with Crippen LogP contribution in [-0.2, 0) is 30.4 Å². The van der Waals surface area contributed by atoms with Crippen LogP contribution in [0, 0.1) is 0 Å². The van der Waals surface area contributed by atoms with Crippen molar-refractivity contribution < 1.29 is 26.9 Å². The van der Waals surface area contributed by atoms with Gasteiger partial charge in [0, 0.05) is 6.54 Å². The number of hydrogen-bond acceptors (Lipinski definition) is 6. The third kappa shape index (κ3) is 9.83. The second kappa shape index (κ2) is 9.32. The standard InChI is InChI=1S/C13H19NO6S/c1-21(16,17)20-10-9-18-8-7-14-13(15)19-11-12-5-3-2-4-6-12/h2-6H,7-11H2,1H3,(H,14,15). The lowest BCUT2D eigenvalue weighted by Gasteiger charge is -2.07. The molecule has 0 atom stereocenters. The van der Waals surface area contributed by atoms with Gasteiger partial charge in [0.25, 0.3) is 10.1 Å². The van der Waals surface area contributed by atoms with Crippen molar-refractivity contribution in [3.8, 4) is 0 Å². The predicted octanol–water partition coefficient (Wildman–Crippen LogP) is 0.906. The van der Waals surface area contributed by atoms with Gasteiger partial charge in [0.2, 0.25) is 0 Å².